The van der Waals surface area contributed by atoms with E-state index in [0.717, 1.165) is 5.69 Å². The van der Waals surface area contributed by atoms with Crippen LogP contribution in [0.3, 0.4) is 0 Å². The van der Waals surface area contributed by atoms with Gasteiger partial charge in [-0.15, -0.1) is 0 Å². The van der Waals surface area contributed by atoms with Gasteiger partial charge in [-0.25, -0.2) is 14.6 Å². The first kappa shape index (κ1) is 17.3. The number of carboxylic acids is 1. The summed E-state index contributed by atoms with van der Waals surface area (Å²) in [6.45, 7) is -0.745. The quantitative estimate of drug-likeness (QED) is 0.755. The second-order valence-electron chi connectivity index (χ2n) is 6.32. The summed E-state index contributed by atoms with van der Waals surface area (Å²) in [6.07, 6.45) is -1.87. The highest BCUT2D eigenvalue weighted by molar-refractivity contribution is 5.88. The minimum absolute atomic E-state index is 0.250. The van der Waals surface area contributed by atoms with Crippen LogP contribution in [0.15, 0.2) is 42.9 Å². The van der Waals surface area contributed by atoms with Gasteiger partial charge in [0, 0.05) is 13.1 Å². The first-order valence-electron chi connectivity index (χ1n) is 8.15. The van der Waals surface area contributed by atoms with Crippen LogP contribution in [-0.2, 0) is 4.79 Å². The highest BCUT2D eigenvalue weighted by Crippen LogP contribution is 2.40. The summed E-state index contributed by atoms with van der Waals surface area (Å²) in [7, 11) is 0. The topological polar surface area (TPSA) is 84.1 Å². The third-order valence-corrected chi connectivity index (χ3v) is 4.70. The molecule has 1 N–H and O–H groups in total. The maximum Gasteiger partial charge on any atom is 0.394 e. The lowest BCUT2D eigenvalue weighted by atomic mass is 9.96. The molecule has 0 radical (unpaired) electrons. The van der Waals surface area contributed by atoms with Crippen LogP contribution in [0.1, 0.15) is 0 Å². The fourth-order valence-corrected chi connectivity index (χ4v) is 3.40. The van der Waals surface area contributed by atoms with Gasteiger partial charge in [0.2, 0.25) is 0 Å². The lowest BCUT2D eigenvalue weighted by Crippen LogP contribution is -2.33. The molecule has 27 heavy (non-hydrogen) atoms. The summed E-state index contributed by atoms with van der Waals surface area (Å²) in [5.74, 6) is -4.71. The monoisotopic (exact) mass is 377 g/mol. The van der Waals surface area contributed by atoms with Crippen molar-refractivity contribution in [3.63, 3.8) is 0 Å². The number of anilines is 1. The Morgan fingerprint density at radius 3 is 2.52 bits per heavy atom. The van der Waals surface area contributed by atoms with E-state index in [4.69, 9.17) is 0 Å². The van der Waals surface area contributed by atoms with Gasteiger partial charge in [-0.2, -0.15) is 18.3 Å². The van der Waals surface area contributed by atoms with E-state index in [2.05, 4.69) is 15.1 Å². The molecule has 0 amide bonds. The number of fused-ring (bicyclic) bond motifs is 1. The Balaban J connectivity index is 1.75. The highest BCUT2D eigenvalue weighted by atomic mass is 19.4. The van der Waals surface area contributed by atoms with Gasteiger partial charge in [0.05, 0.1) is 29.1 Å². The second kappa shape index (κ2) is 6.22. The van der Waals surface area contributed by atoms with Crippen molar-refractivity contribution in [2.75, 3.05) is 18.0 Å². The maximum absolute atomic E-state index is 13.3. The number of hydrogen-bond acceptors (Lipinski definition) is 5. The highest BCUT2D eigenvalue weighted by Gasteiger charge is 2.53. The van der Waals surface area contributed by atoms with E-state index in [9.17, 15) is 23.1 Å². The van der Waals surface area contributed by atoms with Crippen molar-refractivity contribution < 1.29 is 23.1 Å². The largest absolute Gasteiger partial charge is 0.481 e. The van der Waals surface area contributed by atoms with E-state index >= 15 is 0 Å². The van der Waals surface area contributed by atoms with Crippen molar-refractivity contribution in [3.05, 3.63) is 42.9 Å². The molecule has 2 atom stereocenters. The van der Waals surface area contributed by atoms with Crippen LogP contribution in [0, 0.1) is 11.8 Å². The summed E-state index contributed by atoms with van der Waals surface area (Å²) < 4.78 is 41.3. The lowest BCUT2D eigenvalue weighted by Gasteiger charge is -2.19. The standard InChI is InChI=1S/C17H14F3N5O2/c18-17(19,20)13-8-24(7-12(13)16(26)27)14-11-6-23-25(15(11)22-9-21-14)10-4-2-1-3-5-10/h1-6,9,12-13H,7-8H2,(H,26,27)/t12-,13-/m1/s1. The number of carboxylic acid groups (broad SMARTS) is 1. The number of aliphatic carboxylic acids is 1. The Kier molecular flexibility index (Phi) is 3.97. The Morgan fingerprint density at radius 1 is 1.15 bits per heavy atom. The van der Waals surface area contributed by atoms with Crippen molar-refractivity contribution in [3.8, 4) is 5.69 Å². The zero-order valence-electron chi connectivity index (χ0n) is 13.8. The predicted octanol–water partition coefficient (Wildman–Crippen LogP) is 2.51. The van der Waals surface area contributed by atoms with Crippen molar-refractivity contribution in [1.82, 2.24) is 19.7 Å². The molecule has 0 bridgehead atoms. The van der Waals surface area contributed by atoms with E-state index in [1.54, 1.807) is 4.68 Å². The zero-order chi connectivity index (χ0) is 19.2. The molecule has 3 aromatic rings. The molecule has 1 aliphatic heterocycles. The number of rotatable bonds is 3. The molecule has 3 heterocycles. The van der Waals surface area contributed by atoms with E-state index in [-0.39, 0.29) is 12.4 Å². The molecule has 1 aliphatic rings. The molecule has 0 saturated carbocycles. The van der Waals surface area contributed by atoms with Gasteiger partial charge in [-0.1, -0.05) is 18.2 Å². The molecule has 140 valence electrons. The van der Waals surface area contributed by atoms with Gasteiger partial charge in [-0.05, 0) is 12.1 Å². The SMILES string of the molecule is O=C(O)[C@@H]1CN(c2ncnc3c2cnn3-c2ccccc2)C[C@H]1C(F)(F)F. The molecule has 0 unspecified atom stereocenters. The Bertz CT molecular complexity index is 989. The van der Waals surface area contributed by atoms with Crippen LogP contribution >= 0.6 is 0 Å². The Morgan fingerprint density at radius 2 is 1.89 bits per heavy atom. The van der Waals surface area contributed by atoms with Gasteiger partial charge in [0.1, 0.15) is 12.1 Å². The Labute approximate surface area is 151 Å². The van der Waals surface area contributed by atoms with Crippen LogP contribution in [0.4, 0.5) is 19.0 Å². The second-order valence-corrected chi connectivity index (χ2v) is 6.32. The van der Waals surface area contributed by atoms with Crippen molar-refractivity contribution in [2.45, 2.75) is 6.18 Å². The summed E-state index contributed by atoms with van der Waals surface area (Å²) >= 11 is 0. The van der Waals surface area contributed by atoms with Gasteiger partial charge < -0.3 is 10.0 Å². The minimum Gasteiger partial charge on any atom is -0.481 e. The maximum atomic E-state index is 13.3. The molecule has 1 saturated heterocycles. The van der Waals surface area contributed by atoms with Gasteiger partial charge in [0.15, 0.2) is 5.65 Å². The van der Waals surface area contributed by atoms with Crippen LogP contribution in [0.2, 0.25) is 0 Å². The predicted molar refractivity (Wildman–Crippen MR) is 89.5 cm³/mol. The molecule has 4 rings (SSSR count). The molecule has 0 spiro atoms. The van der Waals surface area contributed by atoms with Gasteiger partial charge in [-0.3, -0.25) is 4.79 Å². The van der Waals surface area contributed by atoms with Crippen molar-refractivity contribution >= 4 is 22.8 Å². The summed E-state index contributed by atoms with van der Waals surface area (Å²) in [5, 5.41) is 13.9. The molecule has 10 heteroatoms. The number of aromatic nitrogens is 4. The van der Waals surface area contributed by atoms with E-state index < -0.39 is 30.5 Å². The third kappa shape index (κ3) is 2.96. The van der Waals surface area contributed by atoms with Crippen LogP contribution in [0.5, 0.6) is 0 Å². The van der Waals surface area contributed by atoms with E-state index in [0.29, 0.717) is 11.0 Å². The number of hydrogen-bond donors (Lipinski definition) is 1. The fraction of sp³-hybridized carbons (Fsp3) is 0.294. The lowest BCUT2D eigenvalue weighted by molar-refractivity contribution is -0.187. The number of halogens is 3. The number of nitrogens with zero attached hydrogens (tertiary/aromatic N) is 5. The minimum atomic E-state index is -4.60. The first-order chi connectivity index (χ1) is 12.9. The number of benzene rings is 1. The Hall–Kier alpha value is -3.17. The van der Waals surface area contributed by atoms with Crippen molar-refractivity contribution in [1.29, 1.82) is 0 Å². The molecule has 0 aliphatic carbocycles. The summed E-state index contributed by atoms with van der Waals surface area (Å²) in [4.78, 5) is 21.0. The van der Waals surface area contributed by atoms with Crippen LogP contribution in [0.25, 0.3) is 16.7 Å². The summed E-state index contributed by atoms with van der Waals surface area (Å²) in [6, 6.07) is 9.16. The van der Waals surface area contributed by atoms with Gasteiger partial charge in [0.25, 0.3) is 0 Å². The molecule has 7 nitrogen and oxygen atoms in total. The molecule has 1 aromatic carbocycles. The van der Waals surface area contributed by atoms with E-state index in [1.165, 1.54) is 17.4 Å². The number of para-hydroxylation sites is 1. The number of carbonyl (C=O) groups is 1. The molecular formula is C17H14F3N5O2. The average molecular weight is 377 g/mol. The zero-order valence-corrected chi connectivity index (χ0v) is 13.8. The number of alkyl halides is 3. The first-order valence-corrected chi connectivity index (χ1v) is 8.15. The van der Waals surface area contributed by atoms with Crippen LogP contribution < -0.4 is 4.90 Å². The average Bonchev–Trinajstić information content (AvgIpc) is 3.27. The van der Waals surface area contributed by atoms with Crippen LogP contribution in [-0.4, -0.2) is 50.1 Å². The van der Waals surface area contributed by atoms with Gasteiger partial charge >= 0.3 is 12.1 Å². The molecule has 2 aromatic heterocycles. The smallest absolute Gasteiger partial charge is 0.394 e. The molecule has 1 fully saturated rings. The fourth-order valence-electron chi connectivity index (χ4n) is 3.40. The third-order valence-electron chi connectivity index (χ3n) is 4.70. The van der Waals surface area contributed by atoms with E-state index in [1.807, 2.05) is 30.3 Å². The molecular weight excluding hydrogens is 363 g/mol. The normalized spacial score (nSPS) is 20.3. The van der Waals surface area contributed by atoms with Crippen molar-refractivity contribution in [2.24, 2.45) is 11.8 Å². The summed E-state index contributed by atoms with van der Waals surface area (Å²) in [5.41, 5.74) is 1.18.